The Balaban J connectivity index is 2.83. The molecule has 0 fully saturated rings. The molecule has 3 heteroatoms. The van der Waals surface area contributed by atoms with Crippen LogP contribution in [0.1, 0.15) is 0 Å². The van der Waals surface area contributed by atoms with Gasteiger partial charge >= 0.3 is 0 Å². The monoisotopic (exact) mass is 170 g/mol. The minimum Gasteiger partial charge on any atom is -0.496 e. The third-order valence-corrected chi connectivity index (χ3v) is 1.93. The van der Waals surface area contributed by atoms with Crippen LogP contribution in [0.25, 0.3) is 0 Å². The average molecular weight is 170 g/mol. The first-order valence-corrected chi connectivity index (χ1v) is 3.96. The Kier molecular flexibility index (Phi) is 3.26. The molecule has 0 radical (unpaired) electrons. The molecule has 0 amide bonds. The van der Waals surface area contributed by atoms with Gasteiger partial charge in [0, 0.05) is 12.0 Å². The number of para-hydroxylation sites is 1. The van der Waals surface area contributed by atoms with Crippen molar-refractivity contribution in [2.24, 2.45) is 0 Å². The van der Waals surface area contributed by atoms with Crippen molar-refractivity contribution in [3.8, 4) is 5.75 Å². The van der Waals surface area contributed by atoms with E-state index in [1.807, 2.05) is 24.3 Å². The van der Waals surface area contributed by atoms with Crippen LogP contribution < -0.4 is 4.74 Å². The summed E-state index contributed by atoms with van der Waals surface area (Å²) in [6.45, 7) is 0. The molecule has 1 rings (SSSR count). The molecule has 2 nitrogen and oxygen atoms in total. The van der Waals surface area contributed by atoms with Crippen LogP contribution in [-0.4, -0.2) is 14.2 Å². The lowest BCUT2D eigenvalue weighted by Gasteiger charge is -2.04. The molecule has 0 saturated heterocycles. The molecule has 60 valence electrons. The number of benzene rings is 1. The molecule has 0 N–H and O–H groups in total. The summed E-state index contributed by atoms with van der Waals surface area (Å²) in [5, 5.41) is 0. The number of hydrogen-bond donors (Lipinski definition) is 0. The average Bonchev–Trinajstić information content (AvgIpc) is 2.06. The van der Waals surface area contributed by atoms with E-state index in [-0.39, 0.29) is 0 Å². The lowest BCUT2D eigenvalue weighted by Crippen LogP contribution is -1.84. The molecule has 0 spiro atoms. The largest absolute Gasteiger partial charge is 0.496 e. The Morgan fingerprint density at radius 3 is 2.55 bits per heavy atom. The lowest BCUT2D eigenvalue weighted by atomic mass is 10.3. The summed E-state index contributed by atoms with van der Waals surface area (Å²) >= 11 is 1.30. The van der Waals surface area contributed by atoms with E-state index in [2.05, 4.69) is 0 Å². The predicted molar refractivity (Wildman–Crippen MR) is 45.9 cm³/mol. The van der Waals surface area contributed by atoms with E-state index in [0.717, 1.165) is 10.6 Å². The quantitative estimate of drug-likeness (QED) is 0.649. The molecule has 0 heterocycles. The van der Waals surface area contributed by atoms with E-state index >= 15 is 0 Å². The Hall–Kier alpha value is -0.670. The van der Waals surface area contributed by atoms with Crippen LogP contribution in [0.5, 0.6) is 5.75 Å². The van der Waals surface area contributed by atoms with Gasteiger partial charge in [-0.3, -0.25) is 0 Å². The highest BCUT2D eigenvalue weighted by Gasteiger charge is 1.99. The zero-order chi connectivity index (χ0) is 8.10. The molecule has 0 saturated carbocycles. The van der Waals surface area contributed by atoms with Gasteiger partial charge in [-0.2, -0.15) is 0 Å². The summed E-state index contributed by atoms with van der Waals surface area (Å²) in [7, 11) is 3.28. The Labute approximate surface area is 70.7 Å². The second kappa shape index (κ2) is 4.26. The van der Waals surface area contributed by atoms with Crippen LogP contribution in [0.4, 0.5) is 0 Å². The highest BCUT2D eigenvalue weighted by molar-refractivity contribution is 7.94. The van der Waals surface area contributed by atoms with Gasteiger partial charge in [-0.15, -0.1) is 0 Å². The van der Waals surface area contributed by atoms with Crippen LogP contribution in [0.3, 0.4) is 0 Å². The van der Waals surface area contributed by atoms with E-state index in [1.54, 1.807) is 14.2 Å². The van der Waals surface area contributed by atoms with E-state index in [0.29, 0.717) is 0 Å². The Bertz CT molecular complexity index is 225. The highest BCUT2D eigenvalue weighted by Crippen LogP contribution is 2.28. The molecule has 0 aromatic heterocycles. The predicted octanol–water partition coefficient (Wildman–Crippen LogP) is 2.35. The van der Waals surface area contributed by atoms with Gasteiger partial charge in [0.1, 0.15) is 5.75 Å². The summed E-state index contributed by atoms with van der Waals surface area (Å²) in [5.41, 5.74) is 0. The van der Waals surface area contributed by atoms with E-state index in [4.69, 9.17) is 8.92 Å². The van der Waals surface area contributed by atoms with Gasteiger partial charge in [-0.25, -0.2) is 0 Å². The third kappa shape index (κ3) is 2.13. The van der Waals surface area contributed by atoms with Crippen LogP contribution in [0, 0.1) is 0 Å². The molecule has 0 bridgehead atoms. The molecule has 1 aromatic rings. The summed E-state index contributed by atoms with van der Waals surface area (Å²) in [6.07, 6.45) is 0. The topological polar surface area (TPSA) is 18.5 Å². The van der Waals surface area contributed by atoms with Crippen molar-refractivity contribution >= 4 is 12.0 Å². The number of rotatable bonds is 3. The fourth-order valence-corrected chi connectivity index (χ4v) is 1.32. The van der Waals surface area contributed by atoms with Crippen molar-refractivity contribution in [1.29, 1.82) is 0 Å². The molecule has 0 aliphatic heterocycles. The fourth-order valence-electron chi connectivity index (χ4n) is 0.777. The summed E-state index contributed by atoms with van der Waals surface area (Å²) < 4.78 is 10.0. The maximum absolute atomic E-state index is 5.10. The molecule has 0 atom stereocenters. The summed E-state index contributed by atoms with van der Waals surface area (Å²) in [5.74, 6) is 0.847. The first-order valence-electron chi connectivity index (χ1n) is 3.22. The maximum atomic E-state index is 5.10. The molecular weight excluding hydrogens is 160 g/mol. The standard InChI is InChI=1S/C8H10O2S/c1-9-7-5-3-4-6-8(7)11-10-2/h3-6H,1-2H3. The zero-order valence-electron chi connectivity index (χ0n) is 6.53. The normalized spacial score (nSPS) is 9.64. The van der Waals surface area contributed by atoms with Gasteiger partial charge in [0.25, 0.3) is 0 Å². The van der Waals surface area contributed by atoms with Gasteiger partial charge < -0.3 is 8.92 Å². The number of ether oxygens (including phenoxy) is 1. The number of hydrogen-bond acceptors (Lipinski definition) is 3. The van der Waals surface area contributed by atoms with Crippen LogP contribution >= 0.6 is 12.0 Å². The van der Waals surface area contributed by atoms with Crippen molar-refractivity contribution < 1.29 is 8.92 Å². The van der Waals surface area contributed by atoms with Gasteiger partial charge in [0.05, 0.1) is 19.1 Å². The zero-order valence-corrected chi connectivity index (χ0v) is 7.35. The van der Waals surface area contributed by atoms with Crippen LogP contribution in [0.2, 0.25) is 0 Å². The van der Waals surface area contributed by atoms with Crippen molar-refractivity contribution in [3.05, 3.63) is 24.3 Å². The van der Waals surface area contributed by atoms with Crippen molar-refractivity contribution in [2.75, 3.05) is 14.2 Å². The van der Waals surface area contributed by atoms with Crippen LogP contribution in [-0.2, 0) is 4.18 Å². The molecule has 0 aliphatic rings. The molecular formula is C8H10O2S. The molecule has 0 unspecified atom stereocenters. The second-order valence-corrected chi connectivity index (χ2v) is 2.84. The van der Waals surface area contributed by atoms with Crippen molar-refractivity contribution in [1.82, 2.24) is 0 Å². The highest BCUT2D eigenvalue weighted by atomic mass is 32.2. The van der Waals surface area contributed by atoms with Crippen LogP contribution in [0.15, 0.2) is 29.2 Å². The Morgan fingerprint density at radius 2 is 1.91 bits per heavy atom. The van der Waals surface area contributed by atoms with Gasteiger partial charge in [-0.05, 0) is 12.1 Å². The minimum atomic E-state index is 0.847. The third-order valence-electron chi connectivity index (χ3n) is 1.24. The summed E-state index contributed by atoms with van der Waals surface area (Å²) in [4.78, 5) is 0.998. The second-order valence-electron chi connectivity index (χ2n) is 1.90. The summed E-state index contributed by atoms with van der Waals surface area (Å²) in [6, 6.07) is 7.73. The molecule has 1 aromatic carbocycles. The van der Waals surface area contributed by atoms with Gasteiger partial charge in [0.2, 0.25) is 0 Å². The Morgan fingerprint density at radius 1 is 1.18 bits per heavy atom. The maximum Gasteiger partial charge on any atom is 0.134 e. The van der Waals surface area contributed by atoms with E-state index < -0.39 is 0 Å². The molecule has 0 aliphatic carbocycles. The first kappa shape index (κ1) is 8.43. The lowest BCUT2D eigenvalue weighted by molar-refractivity contribution is 0.402. The van der Waals surface area contributed by atoms with Gasteiger partial charge in [0.15, 0.2) is 0 Å². The fraction of sp³-hybridized carbons (Fsp3) is 0.250. The first-order chi connectivity index (χ1) is 5.38. The van der Waals surface area contributed by atoms with E-state index in [1.165, 1.54) is 12.0 Å². The van der Waals surface area contributed by atoms with Gasteiger partial charge in [-0.1, -0.05) is 12.1 Å². The smallest absolute Gasteiger partial charge is 0.134 e. The van der Waals surface area contributed by atoms with E-state index in [9.17, 15) is 0 Å². The molecule has 11 heavy (non-hydrogen) atoms. The number of methoxy groups -OCH3 is 1. The van der Waals surface area contributed by atoms with Crippen molar-refractivity contribution in [3.63, 3.8) is 0 Å². The SMILES string of the molecule is COSc1ccccc1OC. The minimum absolute atomic E-state index is 0.847. The van der Waals surface area contributed by atoms with Crippen molar-refractivity contribution in [2.45, 2.75) is 4.90 Å².